The van der Waals surface area contributed by atoms with E-state index in [9.17, 15) is 4.39 Å². The van der Waals surface area contributed by atoms with E-state index in [0.29, 0.717) is 34.8 Å². The third-order valence-corrected chi connectivity index (χ3v) is 3.99. The van der Waals surface area contributed by atoms with Crippen molar-refractivity contribution in [1.29, 1.82) is 0 Å². The molecule has 1 aromatic carbocycles. The van der Waals surface area contributed by atoms with Crippen LogP contribution in [-0.2, 0) is 7.05 Å². The third-order valence-electron chi connectivity index (χ3n) is 3.99. The van der Waals surface area contributed by atoms with Gasteiger partial charge in [-0.2, -0.15) is 0 Å². The maximum Gasteiger partial charge on any atom is 0.208 e. The zero-order valence-electron chi connectivity index (χ0n) is 14.5. The molecule has 0 aliphatic carbocycles. The molecule has 26 heavy (non-hydrogen) atoms. The molecule has 3 aromatic rings. The van der Waals surface area contributed by atoms with Gasteiger partial charge >= 0.3 is 0 Å². The Bertz CT molecular complexity index is 987. The van der Waals surface area contributed by atoms with Gasteiger partial charge in [0.15, 0.2) is 17.0 Å². The Hall–Kier alpha value is -2.98. The summed E-state index contributed by atoms with van der Waals surface area (Å²) in [5.41, 5.74) is 7.69. The Labute approximate surface area is 150 Å². The van der Waals surface area contributed by atoms with E-state index in [1.807, 2.05) is 0 Å². The number of rotatable bonds is 5. The van der Waals surface area contributed by atoms with Gasteiger partial charge in [-0.15, -0.1) is 0 Å². The molecule has 0 saturated heterocycles. The summed E-state index contributed by atoms with van der Waals surface area (Å²) in [5, 5.41) is 8.76. The van der Waals surface area contributed by atoms with Crippen molar-refractivity contribution in [3.05, 3.63) is 35.9 Å². The van der Waals surface area contributed by atoms with Crippen molar-refractivity contribution in [3.63, 3.8) is 0 Å². The number of anilines is 1. The van der Waals surface area contributed by atoms with Crippen LogP contribution in [0.15, 0.2) is 24.3 Å². The van der Waals surface area contributed by atoms with Crippen molar-refractivity contribution >= 4 is 17.0 Å². The molecule has 0 aliphatic rings. The van der Waals surface area contributed by atoms with E-state index in [1.54, 1.807) is 23.7 Å². The van der Waals surface area contributed by atoms with Crippen LogP contribution in [0, 0.1) is 17.7 Å². The van der Waals surface area contributed by atoms with Gasteiger partial charge in [-0.25, -0.2) is 19.3 Å². The summed E-state index contributed by atoms with van der Waals surface area (Å²) in [6, 6.07) is 6.21. The quantitative estimate of drug-likeness (QED) is 0.544. The highest BCUT2D eigenvalue weighted by Gasteiger charge is 2.15. The molecule has 2 heterocycles. The summed E-state index contributed by atoms with van der Waals surface area (Å²) in [6.07, 6.45) is 3.35. The number of imidazole rings is 1. The third kappa shape index (κ3) is 3.81. The normalized spacial score (nSPS) is 10.7. The number of fused-ring (bicyclic) bond motifs is 1. The van der Waals surface area contributed by atoms with Crippen LogP contribution < -0.4 is 5.73 Å². The lowest BCUT2D eigenvalue weighted by Gasteiger charge is -2.02. The van der Waals surface area contributed by atoms with E-state index in [0.717, 1.165) is 19.3 Å². The van der Waals surface area contributed by atoms with Gasteiger partial charge in [0, 0.05) is 25.6 Å². The van der Waals surface area contributed by atoms with Crippen LogP contribution >= 0.6 is 0 Å². The van der Waals surface area contributed by atoms with Crippen LogP contribution in [0.1, 0.15) is 31.5 Å². The lowest BCUT2D eigenvalue weighted by molar-refractivity contribution is 0.283. The number of hydrogen-bond donors (Lipinski definition) is 2. The van der Waals surface area contributed by atoms with Gasteiger partial charge in [-0.05, 0) is 30.9 Å². The molecule has 2 aromatic heterocycles. The molecule has 0 atom stereocenters. The number of halogens is 1. The summed E-state index contributed by atoms with van der Waals surface area (Å²) in [7, 11) is 1.80. The van der Waals surface area contributed by atoms with E-state index in [4.69, 9.17) is 10.8 Å². The average molecular weight is 353 g/mol. The van der Waals surface area contributed by atoms with Crippen molar-refractivity contribution in [1.82, 2.24) is 19.5 Å². The zero-order valence-corrected chi connectivity index (χ0v) is 14.5. The molecule has 6 nitrogen and oxygen atoms in total. The second-order valence-electron chi connectivity index (χ2n) is 5.95. The second-order valence-corrected chi connectivity index (χ2v) is 5.95. The fraction of sp³-hybridized carbons (Fsp3) is 0.316. The Balaban J connectivity index is 1.91. The number of unbranched alkanes of at least 4 members (excludes halogenated alkanes) is 3. The van der Waals surface area contributed by atoms with E-state index in [-0.39, 0.29) is 18.2 Å². The molecule has 0 saturated carbocycles. The minimum atomic E-state index is -0.332. The number of aliphatic hydroxyl groups excluding tert-OH is 1. The lowest BCUT2D eigenvalue weighted by Crippen LogP contribution is -2.00. The number of nitrogen functional groups attached to an aromatic ring is 1. The monoisotopic (exact) mass is 353 g/mol. The smallest absolute Gasteiger partial charge is 0.208 e. The molecule has 0 amide bonds. The molecule has 3 N–H and O–H groups in total. The highest BCUT2D eigenvalue weighted by atomic mass is 19.1. The first kappa shape index (κ1) is 17.8. The predicted octanol–water partition coefficient (Wildman–Crippen LogP) is 2.66. The maximum absolute atomic E-state index is 13.5. The predicted molar refractivity (Wildman–Crippen MR) is 98.5 cm³/mol. The van der Waals surface area contributed by atoms with Crippen LogP contribution in [0.2, 0.25) is 0 Å². The Kier molecular flexibility index (Phi) is 5.44. The van der Waals surface area contributed by atoms with Gasteiger partial charge < -0.3 is 15.4 Å². The molecule has 0 unspecified atom stereocenters. The Morgan fingerprint density at radius 1 is 1.19 bits per heavy atom. The maximum atomic E-state index is 13.5. The molecule has 7 heteroatoms. The standard InChI is InChI=1S/C19H20FN5O/c1-25-18(13-8-7-9-14(20)12-13)24-16-17(21)22-15(23-19(16)25)10-5-3-2-4-6-11-26/h7-9,12,26H,2-4,6,11H2,1H3,(H2,21,22,23). The topological polar surface area (TPSA) is 89.9 Å². The number of nitrogens with zero attached hydrogens (tertiary/aromatic N) is 4. The fourth-order valence-corrected chi connectivity index (χ4v) is 2.67. The van der Waals surface area contributed by atoms with Crippen LogP contribution in [0.3, 0.4) is 0 Å². The van der Waals surface area contributed by atoms with Crippen molar-refractivity contribution in [2.45, 2.75) is 25.7 Å². The summed E-state index contributed by atoms with van der Waals surface area (Å²) in [4.78, 5) is 13.1. The summed E-state index contributed by atoms with van der Waals surface area (Å²) in [5.74, 6) is 6.77. The van der Waals surface area contributed by atoms with Gasteiger partial charge in [0.25, 0.3) is 0 Å². The summed E-state index contributed by atoms with van der Waals surface area (Å²) < 4.78 is 15.3. The summed E-state index contributed by atoms with van der Waals surface area (Å²) in [6.45, 7) is 0.206. The highest BCUT2D eigenvalue weighted by Crippen LogP contribution is 2.25. The number of aliphatic hydroxyl groups is 1. The summed E-state index contributed by atoms with van der Waals surface area (Å²) >= 11 is 0. The molecule has 0 fully saturated rings. The van der Waals surface area contributed by atoms with Crippen molar-refractivity contribution in [3.8, 4) is 23.2 Å². The molecule has 0 bridgehead atoms. The molecular formula is C19H20FN5O. The van der Waals surface area contributed by atoms with Crippen molar-refractivity contribution < 1.29 is 9.50 Å². The molecule has 0 radical (unpaired) electrons. The fourth-order valence-electron chi connectivity index (χ4n) is 2.67. The van der Waals surface area contributed by atoms with Crippen molar-refractivity contribution in [2.24, 2.45) is 7.05 Å². The largest absolute Gasteiger partial charge is 0.396 e. The Morgan fingerprint density at radius 2 is 2.04 bits per heavy atom. The SMILES string of the molecule is Cn1c(-c2cccc(F)c2)nc2c(N)nc(C#CCCCCCO)nc21. The first-order valence-electron chi connectivity index (χ1n) is 8.45. The van der Waals surface area contributed by atoms with Crippen LogP contribution in [-0.4, -0.2) is 31.2 Å². The second kappa shape index (κ2) is 7.93. The van der Waals surface area contributed by atoms with Crippen molar-refractivity contribution in [2.75, 3.05) is 12.3 Å². The lowest BCUT2D eigenvalue weighted by atomic mass is 10.2. The number of aromatic nitrogens is 4. The van der Waals surface area contributed by atoms with Crippen LogP contribution in [0.25, 0.3) is 22.6 Å². The van der Waals surface area contributed by atoms with E-state index >= 15 is 0 Å². The number of benzene rings is 1. The van der Waals surface area contributed by atoms with Gasteiger partial charge in [-0.1, -0.05) is 24.5 Å². The van der Waals surface area contributed by atoms with Gasteiger partial charge in [0.1, 0.15) is 11.6 Å². The first-order valence-corrected chi connectivity index (χ1v) is 8.45. The van der Waals surface area contributed by atoms with Gasteiger partial charge in [0.2, 0.25) is 5.82 Å². The Morgan fingerprint density at radius 3 is 2.81 bits per heavy atom. The first-order chi connectivity index (χ1) is 12.6. The molecular weight excluding hydrogens is 333 g/mol. The van der Waals surface area contributed by atoms with Gasteiger partial charge in [-0.3, -0.25) is 0 Å². The van der Waals surface area contributed by atoms with E-state index in [2.05, 4.69) is 26.8 Å². The number of nitrogens with two attached hydrogens (primary N) is 1. The highest BCUT2D eigenvalue weighted by molar-refractivity contribution is 5.85. The minimum absolute atomic E-state index is 0.206. The molecule has 0 aliphatic heterocycles. The molecule has 134 valence electrons. The number of hydrogen-bond acceptors (Lipinski definition) is 5. The van der Waals surface area contributed by atoms with Crippen LogP contribution in [0.4, 0.5) is 10.2 Å². The molecule has 0 spiro atoms. The zero-order chi connectivity index (χ0) is 18.5. The van der Waals surface area contributed by atoms with Crippen LogP contribution in [0.5, 0.6) is 0 Å². The molecule has 3 rings (SSSR count). The average Bonchev–Trinajstić information content (AvgIpc) is 2.96. The van der Waals surface area contributed by atoms with E-state index < -0.39 is 0 Å². The van der Waals surface area contributed by atoms with Gasteiger partial charge in [0.05, 0.1) is 0 Å². The minimum Gasteiger partial charge on any atom is -0.396 e. The number of aryl methyl sites for hydroxylation is 1. The van der Waals surface area contributed by atoms with E-state index in [1.165, 1.54) is 12.1 Å².